The molecule has 3 rings (SSSR count). The van der Waals surface area contributed by atoms with Crippen molar-refractivity contribution in [2.75, 3.05) is 31.0 Å². The molecule has 0 saturated carbocycles. The van der Waals surface area contributed by atoms with Gasteiger partial charge >= 0.3 is 0 Å². The summed E-state index contributed by atoms with van der Waals surface area (Å²) in [5.41, 5.74) is 2.43. The van der Waals surface area contributed by atoms with E-state index in [1.165, 1.54) is 0 Å². The normalized spacial score (nSPS) is 13.6. The van der Waals surface area contributed by atoms with Gasteiger partial charge in [0.25, 0.3) is 5.91 Å². The van der Waals surface area contributed by atoms with Crippen LogP contribution in [0.5, 0.6) is 11.5 Å². The zero-order chi connectivity index (χ0) is 19.6. The number of carbonyl (C=O) groups is 2. The fraction of sp³-hybridized carbons (Fsp3) is 0.300. The summed E-state index contributed by atoms with van der Waals surface area (Å²) in [5, 5.41) is 3.23. The Morgan fingerprint density at radius 2 is 1.81 bits per heavy atom. The lowest BCUT2D eigenvalue weighted by molar-refractivity contribution is -0.117. The van der Waals surface area contributed by atoms with E-state index in [0.29, 0.717) is 46.4 Å². The minimum Gasteiger partial charge on any atom is -0.496 e. The molecule has 0 spiro atoms. The summed E-state index contributed by atoms with van der Waals surface area (Å²) in [6.45, 7) is 2.52. The van der Waals surface area contributed by atoms with Crippen molar-refractivity contribution in [2.45, 2.75) is 19.8 Å². The topological polar surface area (TPSA) is 67.9 Å². The Morgan fingerprint density at radius 1 is 1.15 bits per heavy atom. The lowest BCUT2D eigenvalue weighted by atomic mass is 10.1. The molecule has 1 aliphatic rings. The summed E-state index contributed by atoms with van der Waals surface area (Å²) in [6, 6.07) is 8.44. The molecule has 1 aliphatic heterocycles. The van der Waals surface area contributed by atoms with Gasteiger partial charge in [0.1, 0.15) is 11.5 Å². The number of nitrogens with zero attached hydrogens (tertiary/aromatic N) is 1. The minimum absolute atomic E-state index is 0.0625. The van der Waals surface area contributed by atoms with Crippen molar-refractivity contribution < 1.29 is 19.1 Å². The van der Waals surface area contributed by atoms with E-state index >= 15 is 0 Å². The molecule has 142 valence electrons. The predicted octanol–water partition coefficient (Wildman–Crippen LogP) is 4.04. The van der Waals surface area contributed by atoms with Crippen LogP contribution < -0.4 is 19.7 Å². The Hall–Kier alpha value is -2.73. The SMILES string of the molecule is COc1cc(C(=O)Nc2ccc(N3CCCC3=O)c(Cl)c2)cc(OC)c1C. The molecule has 0 atom stereocenters. The minimum atomic E-state index is -0.312. The molecule has 1 fully saturated rings. The van der Waals surface area contributed by atoms with Crippen molar-refractivity contribution >= 4 is 34.8 Å². The van der Waals surface area contributed by atoms with Crippen LogP contribution in [0.4, 0.5) is 11.4 Å². The van der Waals surface area contributed by atoms with Crippen molar-refractivity contribution in [3.05, 3.63) is 46.5 Å². The van der Waals surface area contributed by atoms with Gasteiger partial charge in [0, 0.05) is 29.8 Å². The summed E-state index contributed by atoms with van der Waals surface area (Å²) in [4.78, 5) is 26.2. The van der Waals surface area contributed by atoms with Crippen molar-refractivity contribution in [3.63, 3.8) is 0 Å². The second-order valence-corrected chi connectivity index (χ2v) is 6.68. The van der Waals surface area contributed by atoms with Crippen LogP contribution in [0.2, 0.25) is 5.02 Å². The lowest BCUT2D eigenvalue weighted by Gasteiger charge is -2.18. The number of rotatable bonds is 5. The van der Waals surface area contributed by atoms with E-state index in [-0.39, 0.29) is 11.8 Å². The van der Waals surface area contributed by atoms with Gasteiger partial charge in [-0.15, -0.1) is 0 Å². The first-order valence-corrected chi connectivity index (χ1v) is 8.96. The number of ether oxygens (including phenoxy) is 2. The van der Waals surface area contributed by atoms with Crippen molar-refractivity contribution in [3.8, 4) is 11.5 Å². The van der Waals surface area contributed by atoms with Crippen LogP contribution in [-0.2, 0) is 4.79 Å². The van der Waals surface area contributed by atoms with Crippen LogP contribution in [0.25, 0.3) is 0 Å². The molecular formula is C20H21ClN2O4. The molecule has 1 heterocycles. The molecule has 2 aromatic carbocycles. The molecule has 2 amide bonds. The number of amides is 2. The summed E-state index contributed by atoms with van der Waals surface area (Å²) in [7, 11) is 3.09. The van der Waals surface area contributed by atoms with E-state index in [0.717, 1.165) is 12.0 Å². The number of nitrogens with one attached hydrogen (secondary N) is 1. The number of methoxy groups -OCH3 is 2. The number of carbonyl (C=O) groups excluding carboxylic acids is 2. The first-order chi connectivity index (χ1) is 12.9. The van der Waals surface area contributed by atoms with E-state index in [2.05, 4.69) is 5.32 Å². The molecule has 0 unspecified atom stereocenters. The summed E-state index contributed by atoms with van der Waals surface area (Å²) >= 11 is 6.34. The second kappa shape index (κ2) is 7.88. The van der Waals surface area contributed by atoms with Gasteiger partial charge in [-0.2, -0.15) is 0 Å². The predicted molar refractivity (Wildman–Crippen MR) is 105 cm³/mol. The highest BCUT2D eigenvalue weighted by Crippen LogP contribution is 2.33. The Bertz CT molecular complexity index is 873. The molecule has 2 aromatic rings. The van der Waals surface area contributed by atoms with Gasteiger partial charge in [-0.05, 0) is 43.7 Å². The number of halogens is 1. The van der Waals surface area contributed by atoms with Crippen LogP contribution in [0.1, 0.15) is 28.8 Å². The Kier molecular flexibility index (Phi) is 5.56. The summed E-state index contributed by atoms with van der Waals surface area (Å²) in [5.74, 6) is 0.890. The van der Waals surface area contributed by atoms with Gasteiger partial charge in [-0.3, -0.25) is 9.59 Å². The average Bonchev–Trinajstić information content (AvgIpc) is 3.07. The quantitative estimate of drug-likeness (QED) is 0.839. The smallest absolute Gasteiger partial charge is 0.255 e. The number of hydrogen-bond donors (Lipinski definition) is 1. The van der Waals surface area contributed by atoms with Gasteiger partial charge < -0.3 is 19.7 Å². The molecule has 1 N–H and O–H groups in total. The Balaban J connectivity index is 1.82. The monoisotopic (exact) mass is 388 g/mol. The van der Waals surface area contributed by atoms with Crippen LogP contribution in [-0.4, -0.2) is 32.6 Å². The van der Waals surface area contributed by atoms with E-state index in [1.807, 2.05) is 6.92 Å². The number of anilines is 2. The van der Waals surface area contributed by atoms with Gasteiger partial charge in [0.15, 0.2) is 0 Å². The van der Waals surface area contributed by atoms with Crippen molar-refractivity contribution in [1.29, 1.82) is 0 Å². The van der Waals surface area contributed by atoms with Crippen molar-refractivity contribution in [1.82, 2.24) is 0 Å². The molecule has 7 heteroatoms. The third-order valence-electron chi connectivity index (χ3n) is 4.58. The van der Waals surface area contributed by atoms with Crippen LogP contribution >= 0.6 is 11.6 Å². The van der Waals surface area contributed by atoms with Crippen LogP contribution in [0.15, 0.2) is 30.3 Å². The van der Waals surface area contributed by atoms with Crippen molar-refractivity contribution in [2.24, 2.45) is 0 Å². The third kappa shape index (κ3) is 3.85. The highest BCUT2D eigenvalue weighted by Gasteiger charge is 2.23. The van der Waals surface area contributed by atoms with Gasteiger partial charge in [-0.1, -0.05) is 11.6 Å². The standard InChI is InChI=1S/C20H21ClN2O4/c1-12-17(26-2)9-13(10-18(12)27-3)20(25)22-14-6-7-16(15(21)11-14)23-8-4-5-19(23)24/h6-7,9-11H,4-5,8H2,1-3H3,(H,22,25). The summed E-state index contributed by atoms with van der Waals surface area (Å²) in [6.07, 6.45) is 1.36. The van der Waals surface area contributed by atoms with Gasteiger partial charge in [0.05, 0.1) is 24.9 Å². The van der Waals surface area contributed by atoms with Gasteiger partial charge in [0.2, 0.25) is 5.91 Å². The van der Waals surface area contributed by atoms with E-state index in [4.69, 9.17) is 21.1 Å². The molecule has 0 aliphatic carbocycles. The lowest BCUT2D eigenvalue weighted by Crippen LogP contribution is -2.24. The zero-order valence-corrected chi connectivity index (χ0v) is 16.2. The van der Waals surface area contributed by atoms with Crippen LogP contribution in [0.3, 0.4) is 0 Å². The molecule has 1 saturated heterocycles. The molecule has 27 heavy (non-hydrogen) atoms. The maximum Gasteiger partial charge on any atom is 0.255 e. The van der Waals surface area contributed by atoms with Crippen LogP contribution in [0, 0.1) is 6.92 Å². The highest BCUT2D eigenvalue weighted by molar-refractivity contribution is 6.34. The van der Waals surface area contributed by atoms with E-state index < -0.39 is 0 Å². The molecule has 0 bridgehead atoms. The fourth-order valence-electron chi connectivity index (χ4n) is 3.13. The maximum absolute atomic E-state index is 12.6. The first kappa shape index (κ1) is 19.0. The Morgan fingerprint density at radius 3 is 2.33 bits per heavy atom. The van der Waals surface area contributed by atoms with E-state index in [1.54, 1.807) is 49.5 Å². The Labute approximate surface area is 163 Å². The molecule has 0 aromatic heterocycles. The molecule has 0 radical (unpaired) electrons. The number of benzene rings is 2. The zero-order valence-electron chi connectivity index (χ0n) is 15.5. The van der Waals surface area contributed by atoms with E-state index in [9.17, 15) is 9.59 Å². The fourth-order valence-corrected chi connectivity index (χ4v) is 3.41. The number of hydrogen-bond acceptors (Lipinski definition) is 4. The van der Waals surface area contributed by atoms with Gasteiger partial charge in [-0.25, -0.2) is 0 Å². The molecule has 6 nitrogen and oxygen atoms in total. The first-order valence-electron chi connectivity index (χ1n) is 8.58. The maximum atomic E-state index is 12.6. The average molecular weight is 389 g/mol. The third-order valence-corrected chi connectivity index (χ3v) is 4.89. The summed E-state index contributed by atoms with van der Waals surface area (Å²) < 4.78 is 10.6. The highest BCUT2D eigenvalue weighted by atomic mass is 35.5. The molecular weight excluding hydrogens is 368 g/mol. The largest absolute Gasteiger partial charge is 0.496 e. The second-order valence-electron chi connectivity index (χ2n) is 6.28.